The van der Waals surface area contributed by atoms with Gasteiger partial charge in [-0.25, -0.2) is 4.79 Å². The molecule has 0 spiro atoms. The number of ether oxygens (including phenoxy) is 1. The van der Waals surface area contributed by atoms with Gasteiger partial charge in [-0.15, -0.1) is 0 Å². The molecule has 0 saturated carbocycles. The third-order valence-corrected chi connectivity index (χ3v) is 4.23. The molecule has 0 heterocycles. The van der Waals surface area contributed by atoms with Crippen LogP contribution in [0.1, 0.15) is 33.2 Å². The van der Waals surface area contributed by atoms with Gasteiger partial charge >= 0.3 is 5.97 Å². The molecule has 0 fully saturated rings. The van der Waals surface area contributed by atoms with E-state index in [2.05, 4.69) is 5.32 Å². The third kappa shape index (κ3) is 4.61. The molecule has 0 aliphatic carbocycles. The lowest BCUT2D eigenvalue weighted by Crippen LogP contribution is -2.26. The smallest absolute Gasteiger partial charge is 0.339 e. The molecule has 3 rings (SSSR count). The fourth-order valence-electron chi connectivity index (χ4n) is 2.72. The van der Waals surface area contributed by atoms with Crippen LogP contribution in [0.5, 0.6) is 0 Å². The van der Waals surface area contributed by atoms with Crippen LogP contribution in [0.15, 0.2) is 78.9 Å². The average molecular weight is 359 g/mol. The molecule has 0 aliphatic rings. The second kappa shape index (κ2) is 8.32. The zero-order valence-corrected chi connectivity index (χ0v) is 15.3. The van der Waals surface area contributed by atoms with Crippen LogP contribution in [0.4, 0.5) is 5.69 Å². The van der Waals surface area contributed by atoms with E-state index in [0.717, 1.165) is 11.1 Å². The molecule has 0 aliphatic heterocycles. The van der Waals surface area contributed by atoms with E-state index in [0.29, 0.717) is 16.8 Å². The van der Waals surface area contributed by atoms with Crippen LogP contribution in [0, 0.1) is 13.8 Å². The molecule has 3 aromatic rings. The number of esters is 1. The molecule has 4 heteroatoms. The van der Waals surface area contributed by atoms with Gasteiger partial charge in [-0.1, -0.05) is 60.7 Å². The Kier molecular flexibility index (Phi) is 5.67. The first kappa shape index (κ1) is 18.4. The summed E-state index contributed by atoms with van der Waals surface area (Å²) in [4.78, 5) is 25.5. The zero-order valence-electron chi connectivity index (χ0n) is 15.3. The van der Waals surface area contributed by atoms with Gasteiger partial charge in [-0.2, -0.15) is 0 Å². The molecule has 1 amide bonds. The molecule has 3 aromatic carbocycles. The van der Waals surface area contributed by atoms with Crippen molar-refractivity contribution in [2.24, 2.45) is 0 Å². The van der Waals surface area contributed by atoms with E-state index in [1.165, 1.54) is 0 Å². The Morgan fingerprint density at radius 1 is 0.852 bits per heavy atom. The topological polar surface area (TPSA) is 55.4 Å². The summed E-state index contributed by atoms with van der Waals surface area (Å²) in [6, 6.07) is 23.5. The number of hydrogen-bond acceptors (Lipinski definition) is 3. The molecule has 27 heavy (non-hydrogen) atoms. The van der Waals surface area contributed by atoms with Crippen molar-refractivity contribution in [3.63, 3.8) is 0 Å². The van der Waals surface area contributed by atoms with Gasteiger partial charge in [-0.3, -0.25) is 4.79 Å². The molecule has 4 nitrogen and oxygen atoms in total. The summed E-state index contributed by atoms with van der Waals surface area (Å²) in [6.45, 7) is 3.88. The summed E-state index contributed by atoms with van der Waals surface area (Å²) in [5.41, 5.74) is 3.70. The van der Waals surface area contributed by atoms with E-state index in [1.54, 1.807) is 36.4 Å². The van der Waals surface area contributed by atoms with Gasteiger partial charge in [0.15, 0.2) is 0 Å². The quantitative estimate of drug-likeness (QED) is 0.663. The molecule has 136 valence electrons. The van der Waals surface area contributed by atoms with Gasteiger partial charge in [0, 0.05) is 11.3 Å². The van der Waals surface area contributed by atoms with Crippen LogP contribution in [-0.4, -0.2) is 11.9 Å². The lowest BCUT2D eigenvalue weighted by Gasteiger charge is -2.19. The maximum atomic E-state index is 13.0. The van der Waals surface area contributed by atoms with E-state index in [1.807, 2.05) is 56.3 Å². The van der Waals surface area contributed by atoms with Crippen molar-refractivity contribution in [1.82, 2.24) is 0 Å². The molecule has 0 radical (unpaired) electrons. The fraction of sp³-hybridized carbons (Fsp3) is 0.130. The van der Waals surface area contributed by atoms with Crippen LogP contribution in [-0.2, 0) is 9.53 Å². The van der Waals surface area contributed by atoms with Gasteiger partial charge in [0.25, 0.3) is 5.91 Å². The molecular formula is C23H21NO3. The van der Waals surface area contributed by atoms with E-state index < -0.39 is 12.1 Å². The van der Waals surface area contributed by atoms with Crippen molar-refractivity contribution in [3.05, 3.63) is 101 Å². The molecule has 0 aromatic heterocycles. The van der Waals surface area contributed by atoms with E-state index in [-0.39, 0.29) is 5.91 Å². The number of amides is 1. The highest BCUT2D eigenvalue weighted by Crippen LogP contribution is 2.23. The molecule has 1 atom stereocenters. The number of benzene rings is 3. The Bertz CT molecular complexity index is 936. The molecule has 1 N–H and O–H groups in total. The van der Waals surface area contributed by atoms with Crippen LogP contribution in [0.2, 0.25) is 0 Å². The van der Waals surface area contributed by atoms with Crippen LogP contribution >= 0.6 is 0 Å². The summed E-state index contributed by atoms with van der Waals surface area (Å²) in [6.07, 6.45) is -1.04. The van der Waals surface area contributed by atoms with Gasteiger partial charge in [0.2, 0.25) is 6.10 Å². The Hall–Kier alpha value is -3.40. The summed E-state index contributed by atoms with van der Waals surface area (Å²) in [5, 5.41) is 2.89. The largest absolute Gasteiger partial charge is 0.444 e. The standard InChI is InChI=1S/C23H21NO3/c1-16-13-14-17(2)20(15-16)24-22(25)21(18-9-5-3-6-10-18)27-23(26)19-11-7-4-8-12-19/h3-15,21H,1-2H3,(H,24,25)/t21-/m0/s1. The highest BCUT2D eigenvalue weighted by atomic mass is 16.5. The molecule has 0 bridgehead atoms. The highest BCUT2D eigenvalue weighted by molar-refractivity contribution is 5.98. The summed E-state index contributed by atoms with van der Waals surface area (Å²) >= 11 is 0. The minimum absolute atomic E-state index is 0.390. The van der Waals surface area contributed by atoms with Crippen LogP contribution in [0.3, 0.4) is 0 Å². The maximum Gasteiger partial charge on any atom is 0.339 e. The summed E-state index contributed by atoms with van der Waals surface area (Å²) < 4.78 is 5.58. The number of carbonyl (C=O) groups excluding carboxylic acids is 2. The van der Waals surface area contributed by atoms with Gasteiger partial charge in [-0.05, 0) is 43.2 Å². The van der Waals surface area contributed by atoms with Crippen molar-refractivity contribution in [2.75, 3.05) is 5.32 Å². The summed E-state index contributed by atoms with van der Waals surface area (Å²) in [7, 11) is 0. The van der Waals surface area contributed by atoms with Crippen LogP contribution in [0.25, 0.3) is 0 Å². The van der Waals surface area contributed by atoms with Crippen molar-refractivity contribution < 1.29 is 14.3 Å². The number of anilines is 1. The van der Waals surface area contributed by atoms with Crippen molar-refractivity contribution in [3.8, 4) is 0 Å². The first-order valence-electron chi connectivity index (χ1n) is 8.73. The van der Waals surface area contributed by atoms with Gasteiger partial charge < -0.3 is 10.1 Å². The number of rotatable bonds is 5. The third-order valence-electron chi connectivity index (χ3n) is 4.23. The first-order chi connectivity index (χ1) is 13.0. The van der Waals surface area contributed by atoms with Gasteiger partial charge in [0.05, 0.1) is 5.56 Å². The van der Waals surface area contributed by atoms with Gasteiger partial charge in [0.1, 0.15) is 0 Å². The normalized spacial score (nSPS) is 11.5. The SMILES string of the molecule is Cc1ccc(C)c(NC(=O)[C@@H](OC(=O)c2ccccc2)c2ccccc2)c1. The van der Waals surface area contributed by atoms with Crippen molar-refractivity contribution >= 4 is 17.6 Å². The van der Waals surface area contributed by atoms with Crippen molar-refractivity contribution in [1.29, 1.82) is 0 Å². The average Bonchev–Trinajstić information content (AvgIpc) is 2.70. The Balaban J connectivity index is 1.87. The predicted octanol–water partition coefficient (Wildman–Crippen LogP) is 4.84. The summed E-state index contributed by atoms with van der Waals surface area (Å²) in [5.74, 6) is -0.931. The van der Waals surface area contributed by atoms with Crippen molar-refractivity contribution in [2.45, 2.75) is 20.0 Å². The minimum Gasteiger partial charge on any atom is -0.444 e. The second-order valence-corrected chi connectivity index (χ2v) is 6.37. The monoisotopic (exact) mass is 359 g/mol. The Morgan fingerprint density at radius 2 is 1.48 bits per heavy atom. The van der Waals surface area contributed by atoms with E-state index in [9.17, 15) is 9.59 Å². The highest BCUT2D eigenvalue weighted by Gasteiger charge is 2.26. The Labute approximate surface area is 158 Å². The van der Waals surface area contributed by atoms with E-state index in [4.69, 9.17) is 4.74 Å². The molecule has 0 saturated heterocycles. The predicted molar refractivity (Wildman–Crippen MR) is 106 cm³/mol. The van der Waals surface area contributed by atoms with Crippen LogP contribution < -0.4 is 5.32 Å². The number of nitrogens with one attached hydrogen (secondary N) is 1. The first-order valence-corrected chi connectivity index (χ1v) is 8.73. The zero-order chi connectivity index (χ0) is 19.2. The molecular weight excluding hydrogens is 338 g/mol. The number of hydrogen-bond donors (Lipinski definition) is 1. The Morgan fingerprint density at radius 3 is 2.15 bits per heavy atom. The van der Waals surface area contributed by atoms with E-state index >= 15 is 0 Å². The fourth-order valence-corrected chi connectivity index (χ4v) is 2.72. The maximum absolute atomic E-state index is 13.0. The number of aryl methyl sites for hydroxylation is 2. The molecule has 0 unspecified atom stereocenters. The minimum atomic E-state index is -1.04. The number of carbonyl (C=O) groups is 2. The second-order valence-electron chi connectivity index (χ2n) is 6.37. The lowest BCUT2D eigenvalue weighted by atomic mass is 10.1. The lowest BCUT2D eigenvalue weighted by molar-refractivity contribution is -0.125.